The number of nitrogens with one attached hydrogen (secondary N) is 1. The molecule has 7 heteroatoms. The van der Waals surface area contributed by atoms with E-state index in [1.165, 1.54) is 0 Å². The number of hydrogen-bond acceptors (Lipinski definition) is 3. The van der Waals surface area contributed by atoms with Crippen LogP contribution in [0.5, 0.6) is 5.75 Å². The lowest BCUT2D eigenvalue weighted by molar-refractivity contribution is 0.0419. The summed E-state index contributed by atoms with van der Waals surface area (Å²) < 4.78 is 39.2. The van der Waals surface area contributed by atoms with Crippen LogP contribution in [-0.2, 0) is 0 Å². The van der Waals surface area contributed by atoms with Crippen molar-refractivity contribution in [2.24, 2.45) is 5.92 Å². The normalized spacial score (nSPS) is 21.9. The summed E-state index contributed by atoms with van der Waals surface area (Å²) >= 11 is 0. The van der Waals surface area contributed by atoms with Gasteiger partial charge in [-0.05, 0) is 24.8 Å². The van der Waals surface area contributed by atoms with Crippen LogP contribution in [0, 0.1) is 23.4 Å². The molecule has 0 spiro atoms. The molecular formula is C12H12F3NO3. The number of hydrogen-bond donors (Lipinski definition) is 3. The summed E-state index contributed by atoms with van der Waals surface area (Å²) in [5.41, 5.74) is -0.753. The van der Waals surface area contributed by atoms with E-state index in [-0.39, 0.29) is 18.6 Å². The average molecular weight is 275 g/mol. The van der Waals surface area contributed by atoms with Gasteiger partial charge < -0.3 is 15.5 Å². The van der Waals surface area contributed by atoms with Gasteiger partial charge in [-0.15, -0.1) is 0 Å². The van der Waals surface area contributed by atoms with Gasteiger partial charge in [-0.1, -0.05) is 0 Å². The Labute approximate surface area is 106 Å². The van der Waals surface area contributed by atoms with E-state index in [4.69, 9.17) is 10.2 Å². The summed E-state index contributed by atoms with van der Waals surface area (Å²) in [6.07, 6.45) is 0.684. The second-order valence-corrected chi connectivity index (χ2v) is 4.58. The minimum absolute atomic E-state index is 0.0842. The summed E-state index contributed by atoms with van der Waals surface area (Å²) in [5.74, 6) is -7.08. The Kier molecular flexibility index (Phi) is 3.66. The van der Waals surface area contributed by atoms with Gasteiger partial charge in [-0.2, -0.15) is 4.39 Å². The van der Waals surface area contributed by atoms with Crippen LogP contribution in [0.3, 0.4) is 0 Å². The number of aromatic hydroxyl groups is 1. The van der Waals surface area contributed by atoms with Gasteiger partial charge in [0.05, 0.1) is 11.7 Å². The van der Waals surface area contributed by atoms with Crippen LogP contribution in [0.25, 0.3) is 0 Å². The van der Waals surface area contributed by atoms with E-state index in [1.807, 2.05) is 0 Å². The SMILES string of the molecule is O=C(NCC1CC(O)C1)c1cc(F)c(F)c(O)c1F. The van der Waals surface area contributed by atoms with E-state index < -0.39 is 34.7 Å². The number of benzene rings is 1. The summed E-state index contributed by atoms with van der Waals surface area (Å²) in [6, 6.07) is 0.398. The highest BCUT2D eigenvalue weighted by Crippen LogP contribution is 2.27. The number of aliphatic hydroxyl groups excluding tert-OH is 1. The third kappa shape index (κ3) is 2.65. The predicted molar refractivity (Wildman–Crippen MR) is 59.0 cm³/mol. The number of carbonyl (C=O) groups excluding carboxylic acids is 1. The van der Waals surface area contributed by atoms with Crippen molar-refractivity contribution in [3.05, 3.63) is 29.1 Å². The Morgan fingerprint density at radius 1 is 1.32 bits per heavy atom. The van der Waals surface area contributed by atoms with Crippen molar-refractivity contribution in [2.45, 2.75) is 18.9 Å². The molecule has 0 unspecified atom stereocenters. The van der Waals surface area contributed by atoms with Crippen molar-refractivity contribution < 1.29 is 28.2 Å². The minimum Gasteiger partial charge on any atom is -0.503 e. The summed E-state index contributed by atoms with van der Waals surface area (Å²) in [7, 11) is 0. The van der Waals surface area contributed by atoms with Crippen molar-refractivity contribution in [3.63, 3.8) is 0 Å². The fraction of sp³-hybridized carbons (Fsp3) is 0.417. The maximum absolute atomic E-state index is 13.4. The van der Waals surface area contributed by atoms with Crippen molar-refractivity contribution in [2.75, 3.05) is 6.54 Å². The molecule has 0 aromatic heterocycles. The Morgan fingerprint density at radius 3 is 2.53 bits per heavy atom. The Balaban J connectivity index is 2.07. The molecule has 104 valence electrons. The van der Waals surface area contributed by atoms with Crippen molar-refractivity contribution in [1.29, 1.82) is 0 Å². The molecule has 19 heavy (non-hydrogen) atoms. The fourth-order valence-electron chi connectivity index (χ4n) is 1.96. The molecule has 1 aromatic rings. The van der Waals surface area contributed by atoms with Crippen molar-refractivity contribution in [3.8, 4) is 5.75 Å². The topological polar surface area (TPSA) is 69.6 Å². The van der Waals surface area contributed by atoms with Crippen molar-refractivity contribution in [1.82, 2.24) is 5.32 Å². The number of aliphatic hydroxyl groups is 1. The van der Waals surface area contributed by atoms with Crippen LogP contribution < -0.4 is 5.32 Å². The quantitative estimate of drug-likeness (QED) is 0.728. The van der Waals surface area contributed by atoms with Crippen LogP contribution in [-0.4, -0.2) is 28.8 Å². The number of amides is 1. The highest BCUT2D eigenvalue weighted by molar-refractivity contribution is 5.95. The molecule has 1 saturated carbocycles. The molecule has 0 saturated heterocycles. The molecule has 0 heterocycles. The van der Waals surface area contributed by atoms with Crippen LogP contribution in [0.1, 0.15) is 23.2 Å². The number of halogens is 3. The van der Waals surface area contributed by atoms with Gasteiger partial charge in [-0.25, -0.2) is 8.78 Å². The minimum atomic E-state index is -1.73. The second kappa shape index (κ2) is 5.08. The third-order valence-electron chi connectivity index (χ3n) is 3.14. The molecule has 1 aliphatic rings. The number of phenols is 1. The largest absolute Gasteiger partial charge is 0.503 e. The van der Waals surface area contributed by atoms with Crippen LogP contribution >= 0.6 is 0 Å². The summed E-state index contributed by atoms with van der Waals surface area (Å²) in [5, 5.41) is 20.4. The molecule has 3 N–H and O–H groups in total. The number of carbonyl (C=O) groups is 1. The lowest BCUT2D eigenvalue weighted by atomic mass is 9.82. The maximum atomic E-state index is 13.4. The maximum Gasteiger partial charge on any atom is 0.254 e. The third-order valence-corrected chi connectivity index (χ3v) is 3.14. The standard InChI is InChI=1S/C12H12F3NO3/c13-8-3-7(9(14)11(18)10(8)15)12(19)16-4-5-1-6(17)2-5/h3,5-6,17-18H,1-2,4H2,(H,16,19). The molecular weight excluding hydrogens is 263 g/mol. The van der Waals surface area contributed by atoms with Crippen LogP contribution in [0.4, 0.5) is 13.2 Å². The van der Waals surface area contributed by atoms with Crippen LogP contribution in [0.2, 0.25) is 0 Å². The molecule has 0 aliphatic heterocycles. The smallest absolute Gasteiger partial charge is 0.254 e. The van der Waals surface area contributed by atoms with Gasteiger partial charge in [0.25, 0.3) is 5.91 Å². The molecule has 1 fully saturated rings. The molecule has 4 nitrogen and oxygen atoms in total. The molecule has 1 aromatic carbocycles. The predicted octanol–water partition coefficient (Wildman–Crippen LogP) is 1.31. The second-order valence-electron chi connectivity index (χ2n) is 4.58. The number of rotatable bonds is 3. The van der Waals surface area contributed by atoms with Gasteiger partial charge in [-0.3, -0.25) is 4.79 Å². The van der Waals surface area contributed by atoms with E-state index in [2.05, 4.69) is 5.32 Å². The Morgan fingerprint density at radius 2 is 1.95 bits per heavy atom. The van der Waals surface area contributed by atoms with Gasteiger partial charge in [0.2, 0.25) is 5.82 Å². The highest BCUT2D eigenvalue weighted by atomic mass is 19.2. The molecule has 0 bridgehead atoms. The Bertz CT molecular complexity index is 515. The van der Waals surface area contributed by atoms with E-state index in [1.54, 1.807) is 0 Å². The first-order chi connectivity index (χ1) is 8.90. The van der Waals surface area contributed by atoms with Gasteiger partial charge in [0, 0.05) is 6.54 Å². The van der Waals surface area contributed by atoms with Gasteiger partial charge in [0.15, 0.2) is 17.4 Å². The van der Waals surface area contributed by atoms with Gasteiger partial charge in [0.1, 0.15) is 0 Å². The fourth-order valence-corrected chi connectivity index (χ4v) is 1.96. The van der Waals surface area contributed by atoms with Crippen LogP contribution in [0.15, 0.2) is 6.07 Å². The monoisotopic (exact) mass is 275 g/mol. The summed E-state index contributed by atoms with van der Waals surface area (Å²) in [4.78, 5) is 11.6. The molecule has 2 rings (SSSR count). The van der Waals surface area contributed by atoms with Gasteiger partial charge >= 0.3 is 0 Å². The Hall–Kier alpha value is -1.76. The first kappa shape index (κ1) is 13.7. The first-order valence-corrected chi connectivity index (χ1v) is 5.73. The molecule has 1 aliphatic carbocycles. The zero-order chi connectivity index (χ0) is 14.2. The zero-order valence-electron chi connectivity index (χ0n) is 9.79. The molecule has 0 radical (unpaired) electrons. The average Bonchev–Trinajstić information content (AvgIpc) is 2.34. The van der Waals surface area contributed by atoms with E-state index in [0.717, 1.165) is 0 Å². The lowest BCUT2D eigenvalue weighted by Gasteiger charge is -2.31. The summed E-state index contributed by atoms with van der Waals surface area (Å²) in [6.45, 7) is 0.203. The van der Waals surface area contributed by atoms with Crippen molar-refractivity contribution >= 4 is 5.91 Å². The molecule has 0 atom stereocenters. The zero-order valence-corrected chi connectivity index (χ0v) is 9.79. The number of phenolic OH excluding ortho intramolecular Hbond substituents is 1. The van der Waals surface area contributed by atoms with E-state index in [0.29, 0.717) is 18.9 Å². The van der Waals surface area contributed by atoms with E-state index >= 15 is 0 Å². The van der Waals surface area contributed by atoms with E-state index in [9.17, 15) is 18.0 Å². The highest BCUT2D eigenvalue weighted by Gasteiger charge is 2.28. The first-order valence-electron chi connectivity index (χ1n) is 5.73. The molecule has 1 amide bonds. The lowest BCUT2D eigenvalue weighted by Crippen LogP contribution is -2.38.